The van der Waals surface area contributed by atoms with Gasteiger partial charge in [-0.15, -0.1) is 0 Å². The molecular formula is C19H23N3O3. The maximum Gasteiger partial charge on any atom is 0.308 e. The summed E-state index contributed by atoms with van der Waals surface area (Å²) in [4.78, 5) is 25.7. The zero-order valence-corrected chi connectivity index (χ0v) is 14.8. The molecule has 1 fully saturated rings. The molecule has 2 heterocycles. The molecule has 1 aliphatic rings. The fourth-order valence-electron chi connectivity index (χ4n) is 3.34. The third-order valence-corrected chi connectivity index (χ3v) is 4.89. The number of aromatic nitrogens is 2. The summed E-state index contributed by atoms with van der Waals surface area (Å²) in [5.41, 5.74) is 4.48. The number of carboxylic acids is 1. The zero-order chi connectivity index (χ0) is 18.1. The summed E-state index contributed by atoms with van der Waals surface area (Å²) >= 11 is 0. The van der Waals surface area contributed by atoms with Crippen LogP contribution in [0.5, 0.6) is 0 Å². The molecule has 1 aromatic heterocycles. The van der Waals surface area contributed by atoms with Gasteiger partial charge in [0.05, 0.1) is 29.1 Å². The van der Waals surface area contributed by atoms with Crippen LogP contribution >= 0.6 is 0 Å². The maximum absolute atomic E-state index is 12.9. The molecule has 1 aliphatic heterocycles. The van der Waals surface area contributed by atoms with E-state index in [1.807, 2.05) is 39.0 Å². The Morgan fingerprint density at radius 3 is 2.72 bits per heavy atom. The smallest absolute Gasteiger partial charge is 0.308 e. The highest BCUT2D eigenvalue weighted by atomic mass is 16.4. The van der Waals surface area contributed by atoms with E-state index in [1.165, 1.54) is 0 Å². The van der Waals surface area contributed by atoms with Crippen molar-refractivity contribution in [3.05, 3.63) is 46.8 Å². The first-order chi connectivity index (χ1) is 11.9. The van der Waals surface area contributed by atoms with Crippen LogP contribution in [0.3, 0.4) is 0 Å². The molecule has 0 radical (unpaired) electrons. The average molecular weight is 341 g/mol. The molecule has 3 rings (SSSR count). The second kappa shape index (κ2) is 6.70. The van der Waals surface area contributed by atoms with Crippen molar-refractivity contribution in [3.63, 3.8) is 0 Å². The summed E-state index contributed by atoms with van der Waals surface area (Å²) in [5, 5.41) is 13.6. The van der Waals surface area contributed by atoms with Crippen molar-refractivity contribution in [1.29, 1.82) is 0 Å². The monoisotopic (exact) mass is 341 g/mol. The lowest BCUT2D eigenvalue weighted by molar-refractivity contribution is -0.143. The predicted molar refractivity (Wildman–Crippen MR) is 94.0 cm³/mol. The summed E-state index contributed by atoms with van der Waals surface area (Å²) in [6, 6.07) is 6.13. The lowest BCUT2D eigenvalue weighted by Gasteiger charge is -2.30. The summed E-state index contributed by atoms with van der Waals surface area (Å²) in [5.74, 6) is -1.45. The largest absolute Gasteiger partial charge is 0.481 e. The van der Waals surface area contributed by atoms with Crippen LogP contribution in [0.4, 0.5) is 0 Å². The number of benzene rings is 1. The van der Waals surface area contributed by atoms with Gasteiger partial charge >= 0.3 is 5.97 Å². The molecule has 6 nitrogen and oxygen atoms in total. The minimum atomic E-state index is -0.833. The van der Waals surface area contributed by atoms with Crippen LogP contribution in [0.25, 0.3) is 5.69 Å². The van der Waals surface area contributed by atoms with E-state index >= 15 is 0 Å². The van der Waals surface area contributed by atoms with Gasteiger partial charge in [0.2, 0.25) is 0 Å². The molecule has 0 aliphatic carbocycles. The Kier molecular flexibility index (Phi) is 4.61. The molecule has 0 bridgehead atoms. The third-order valence-electron chi connectivity index (χ3n) is 4.89. The molecule has 132 valence electrons. The number of hydrogen-bond donors (Lipinski definition) is 1. The Morgan fingerprint density at radius 2 is 2.00 bits per heavy atom. The van der Waals surface area contributed by atoms with Crippen LogP contribution in [0.1, 0.15) is 40.0 Å². The van der Waals surface area contributed by atoms with Crippen molar-refractivity contribution >= 4 is 11.9 Å². The lowest BCUT2D eigenvalue weighted by atomic mass is 9.97. The number of carboxylic acid groups (broad SMARTS) is 1. The van der Waals surface area contributed by atoms with E-state index in [2.05, 4.69) is 5.10 Å². The highest BCUT2D eigenvalue weighted by Gasteiger charge is 2.30. The molecule has 1 saturated heterocycles. The first kappa shape index (κ1) is 17.2. The molecule has 0 unspecified atom stereocenters. The number of nitrogens with zero attached hydrogens (tertiary/aromatic N) is 3. The highest BCUT2D eigenvalue weighted by molar-refractivity contribution is 5.95. The Hall–Kier alpha value is -2.63. The first-order valence-electron chi connectivity index (χ1n) is 8.53. The van der Waals surface area contributed by atoms with Gasteiger partial charge in [-0.2, -0.15) is 5.10 Å². The van der Waals surface area contributed by atoms with Crippen molar-refractivity contribution in [2.45, 2.75) is 33.6 Å². The molecule has 1 amide bonds. The maximum atomic E-state index is 12.9. The zero-order valence-electron chi connectivity index (χ0n) is 14.8. The van der Waals surface area contributed by atoms with Gasteiger partial charge in [0, 0.05) is 13.1 Å². The van der Waals surface area contributed by atoms with Crippen LogP contribution in [0, 0.1) is 26.7 Å². The SMILES string of the molecule is Cc1ccc(C)c(-n2ncc(C(=O)N3CCC[C@@H](C(=O)O)C3)c2C)c1. The molecular weight excluding hydrogens is 318 g/mol. The van der Waals surface area contributed by atoms with Crippen LogP contribution in [-0.4, -0.2) is 44.8 Å². The van der Waals surface area contributed by atoms with E-state index in [1.54, 1.807) is 15.8 Å². The number of carbonyl (C=O) groups is 2. The van der Waals surface area contributed by atoms with E-state index in [4.69, 9.17) is 0 Å². The van der Waals surface area contributed by atoms with Crippen molar-refractivity contribution in [1.82, 2.24) is 14.7 Å². The van der Waals surface area contributed by atoms with Crippen LogP contribution in [-0.2, 0) is 4.79 Å². The van der Waals surface area contributed by atoms with Gasteiger partial charge in [-0.25, -0.2) is 4.68 Å². The van der Waals surface area contributed by atoms with E-state index in [-0.39, 0.29) is 12.5 Å². The van der Waals surface area contributed by atoms with E-state index in [0.29, 0.717) is 24.9 Å². The Balaban J connectivity index is 1.89. The number of hydrogen-bond acceptors (Lipinski definition) is 3. The van der Waals surface area contributed by atoms with Gasteiger partial charge in [0.15, 0.2) is 0 Å². The Labute approximate surface area is 147 Å². The number of carbonyl (C=O) groups excluding carboxylic acids is 1. The van der Waals surface area contributed by atoms with Crippen LogP contribution < -0.4 is 0 Å². The summed E-state index contributed by atoms with van der Waals surface area (Å²) in [7, 11) is 0. The van der Waals surface area contributed by atoms with E-state index in [0.717, 1.165) is 22.5 Å². The molecule has 1 aromatic carbocycles. The van der Waals surface area contributed by atoms with Gasteiger partial charge in [-0.05, 0) is 50.8 Å². The minimum absolute atomic E-state index is 0.139. The summed E-state index contributed by atoms with van der Waals surface area (Å²) in [6.45, 7) is 6.77. The van der Waals surface area contributed by atoms with E-state index in [9.17, 15) is 14.7 Å². The fraction of sp³-hybridized carbons (Fsp3) is 0.421. The number of rotatable bonds is 3. The van der Waals surface area contributed by atoms with E-state index < -0.39 is 11.9 Å². The normalized spacial score (nSPS) is 17.6. The first-order valence-corrected chi connectivity index (χ1v) is 8.53. The standard InChI is InChI=1S/C19H23N3O3/c1-12-6-7-13(2)17(9-12)22-14(3)16(10-20-22)18(23)21-8-4-5-15(11-21)19(24)25/h6-7,9-10,15H,4-5,8,11H2,1-3H3,(H,24,25)/t15-/m1/s1. The van der Waals surface area contributed by atoms with Gasteiger partial charge in [0.25, 0.3) is 5.91 Å². The van der Waals surface area contributed by atoms with Gasteiger partial charge < -0.3 is 10.0 Å². The lowest BCUT2D eigenvalue weighted by Crippen LogP contribution is -2.42. The topological polar surface area (TPSA) is 75.4 Å². The second-order valence-electron chi connectivity index (χ2n) is 6.77. The number of likely N-dealkylation sites (tertiary alicyclic amines) is 1. The van der Waals surface area contributed by atoms with Crippen molar-refractivity contribution in [2.24, 2.45) is 5.92 Å². The minimum Gasteiger partial charge on any atom is -0.481 e. The predicted octanol–water partition coefficient (Wildman–Crippen LogP) is 2.73. The Bertz CT molecular complexity index is 825. The number of piperidine rings is 1. The number of aliphatic carboxylic acids is 1. The number of amides is 1. The molecule has 25 heavy (non-hydrogen) atoms. The van der Waals surface area contributed by atoms with Crippen LogP contribution in [0.2, 0.25) is 0 Å². The molecule has 1 N–H and O–H groups in total. The molecule has 6 heteroatoms. The quantitative estimate of drug-likeness (QED) is 0.931. The van der Waals surface area contributed by atoms with Crippen molar-refractivity contribution < 1.29 is 14.7 Å². The van der Waals surface area contributed by atoms with Gasteiger partial charge in [-0.3, -0.25) is 9.59 Å². The van der Waals surface area contributed by atoms with Crippen molar-refractivity contribution in [3.8, 4) is 5.69 Å². The third kappa shape index (κ3) is 3.29. The Morgan fingerprint density at radius 1 is 1.24 bits per heavy atom. The molecule has 2 aromatic rings. The van der Waals surface area contributed by atoms with Gasteiger partial charge in [-0.1, -0.05) is 12.1 Å². The van der Waals surface area contributed by atoms with Crippen LogP contribution in [0.15, 0.2) is 24.4 Å². The fourth-order valence-corrected chi connectivity index (χ4v) is 3.34. The number of aryl methyl sites for hydroxylation is 2. The second-order valence-corrected chi connectivity index (χ2v) is 6.77. The highest BCUT2D eigenvalue weighted by Crippen LogP contribution is 2.23. The molecule has 0 saturated carbocycles. The average Bonchev–Trinajstić information content (AvgIpc) is 2.98. The molecule has 1 atom stereocenters. The van der Waals surface area contributed by atoms with Crippen molar-refractivity contribution in [2.75, 3.05) is 13.1 Å². The molecule has 0 spiro atoms. The summed E-state index contributed by atoms with van der Waals surface area (Å²) < 4.78 is 1.79. The summed E-state index contributed by atoms with van der Waals surface area (Å²) in [6.07, 6.45) is 2.93. The van der Waals surface area contributed by atoms with Gasteiger partial charge in [0.1, 0.15) is 0 Å².